The number of ether oxygens (including phenoxy) is 1. The Bertz CT molecular complexity index is 940. The molecule has 0 saturated carbocycles. The van der Waals surface area contributed by atoms with Gasteiger partial charge < -0.3 is 14.5 Å². The van der Waals surface area contributed by atoms with Crippen LogP contribution in [-0.2, 0) is 4.79 Å². The van der Waals surface area contributed by atoms with Crippen molar-refractivity contribution in [2.45, 2.75) is 32.8 Å². The highest BCUT2D eigenvalue weighted by atomic mass is 19.1. The number of benzene rings is 1. The molecule has 31 heavy (non-hydrogen) atoms. The lowest BCUT2D eigenvalue weighted by Gasteiger charge is -2.33. The summed E-state index contributed by atoms with van der Waals surface area (Å²) in [5.74, 6) is 0.826. The van der Waals surface area contributed by atoms with Crippen molar-refractivity contribution in [3.8, 4) is 5.88 Å². The number of amides is 3. The van der Waals surface area contributed by atoms with Crippen LogP contribution in [0.15, 0.2) is 30.3 Å². The number of rotatable bonds is 5. The van der Waals surface area contributed by atoms with Gasteiger partial charge in [-0.2, -0.15) is 4.98 Å². The molecule has 3 amide bonds. The van der Waals surface area contributed by atoms with Gasteiger partial charge in [-0.3, -0.25) is 9.69 Å². The van der Waals surface area contributed by atoms with Crippen molar-refractivity contribution in [2.75, 3.05) is 37.6 Å². The van der Waals surface area contributed by atoms with Gasteiger partial charge in [0.25, 0.3) is 0 Å². The molecule has 8 nitrogen and oxygen atoms in total. The summed E-state index contributed by atoms with van der Waals surface area (Å²) in [5.41, 5.74) is 1.49. The number of nitrogens with zero attached hydrogens (tertiary/aromatic N) is 5. The van der Waals surface area contributed by atoms with E-state index in [-0.39, 0.29) is 30.4 Å². The largest absolute Gasteiger partial charge is 0.474 e. The molecule has 0 radical (unpaired) electrons. The van der Waals surface area contributed by atoms with Crippen molar-refractivity contribution in [1.29, 1.82) is 0 Å². The van der Waals surface area contributed by atoms with Gasteiger partial charge in [-0.05, 0) is 38.1 Å². The second-order valence-corrected chi connectivity index (χ2v) is 7.92. The Hall–Kier alpha value is -3.23. The van der Waals surface area contributed by atoms with E-state index in [9.17, 15) is 14.0 Å². The molecule has 0 unspecified atom stereocenters. The highest BCUT2D eigenvalue weighted by molar-refractivity contribution is 5.96. The maximum atomic E-state index is 13.1. The van der Waals surface area contributed by atoms with Crippen LogP contribution in [0.1, 0.15) is 24.4 Å². The second-order valence-electron chi connectivity index (χ2n) is 7.92. The summed E-state index contributed by atoms with van der Waals surface area (Å²) in [6, 6.07) is 7.39. The van der Waals surface area contributed by atoms with Crippen molar-refractivity contribution in [1.82, 2.24) is 19.8 Å². The molecule has 2 aliphatic rings. The molecule has 0 N–H and O–H groups in total. The van der Waals surface area contributed by atoms with E-state index >= 15 is 0 Å². The highest BCUT2D eigenvalue weighted by Crippen LogP contribution is 2.22. The smallest absolute Gasteiger partial charge is 0.325 e. The molecular weight excluding hydrogens is 401 g/mol. The number of carbonyl (C=O) groups excluding carboxylic acids is 2. The number of hydrogen-bond acceptors (Lipinski definition) is 5. The van der Waals surface area contributed by atoms with E-state index in [2.05, 4.69) is 9.97 Å². The monoisotopic (exact) mass is 427 g/mol. The molecule has 164 valence electrons. The first-order chi connectivity index (χ1) is 14.9. The zero-order valence-electron chi connectivity index (χ0n) is 17.8. The van der Waals surface area contributed by atoms with Crippen LogP contribution in [0.25, 0.3) is 0 Å². The predicted molar refractivity (Wildman–Crippen MR) is 112 cm³/mol. The quantitative estimate of drug-likeness (QED) is 0.733. The van der Waals surface area contributed by atoms with Crippen LogP contribution >= 0.6 is 0 Å². The van der Waals surface area contributed by atoms with Crippen LogP contribution in [0.4, 0.5) is 14.9 Å². The van der Waals surface area contributed by atoms with Crippen molar-refractivity contribution < 1.29 is 18.7 Å². The number of aromatic nitrogens is 2. The van der Waals surface area contributed by atoms with E-state index in [4.69, 9.17) is 4.74 Å². The van der Waals surface area contributed by atoms with Gasteiger partial charge in [0.15, 0.2) is 0 Å². The molecule has 0 aliphatic carbocycles. The topological polar surface area (TPSA) is 78.9 Å². The SMILES string of the molecule is Cc1cc(OC2CCN(C(=O)CN3CCN(c4ccc(F)cc4)C3=O)CC2)nc(C)n1. The maximum absolute atomic E-state index is 13.1. The number of likely N-dealkylation sites (tertiary alicyclic amines) is 1. The van der Waals surface area contributed by atoms with Crippen LogP contribution in [-0.4, -0.2) is 70.5 Å². The van der Waals surface area contributed by atoms with Crippen molar-refractivity contribution in [3.63, 3.8) is 0 Å². The van der Waals surface area contributed by atoms with E-state index in [0.717, 1.165) is 5.69 Å². The van der Waals surface area contributed by atoms with Gasteiger partial charge in [0, 0.05) is 56.5 Å². The Morgan fingerprint density at radius 1 is 1.10 bits per heavy atom. The fourth-order valence-electron chi connectivity index (χ4n) is 3.99. The van der Waals surface area contributed by atoms with Crippen LogP contribution in [0, 0.1) is 19.7 Å². The summed E-state index contributed by atoms with van der Waals surface area (Å²) in [6.07, 6.45) is 1.42. The summed E-state index contributed by atoms with van der Waals surface area (Å²) in [6.45, 7) is 5.88. The van der Waals surface area contributed by atoms with E-state index in [1.54, 1.807) is 26.8 Å². The number of anilines is 1. The highest BCUT2D eigenvalue weighted by Gasteiger charge is 2.33. The summed E-state index contributed by atoms with van der Waals surface area (Å²) in [7, 11) is 0. The fourth-order valence-corrected chi connectivity index (χ4v) is 3.99. The molecular formula is C22H26FN5O3. The maximum Gasteiger partial charge on any atom is 0.325 e. The molecule has 0 spiro atoms. The van der Waals surface area contributed by atoms with Crippen LogP contribution in [0.3, 0.4) is 0 Å². The number of hydrogen-bond donors (Lipinski definition) is 0. The lowest BCUT2D eigenvalue weighted by Crippen LogP contribution is -2.47. The van der Waals surface area contributed by atoms with Gasteiger partial charge in [-0.1, -0.05) is 0 Å². The van der Waals surface area contributed by atoms with E-state index < -0.39 is 0 Å². The minimum Gasteiger partial charge on any atom is -0.474 e. The first-order valence-corrected chi connectivity index (χ1v) is 10.5. The Morgan fingerprint density at radius 2 is 1.81 bits per heavy atom. The number of carbonyl (C=O) groups is 2. The van der Waals surface area contributed by atoms with Crippen LogP contribution in [0.5, 0.6) is 5.88 Å². The predicted octanol–water partition coefficient (Wildman–Crippen LogP) is 2.54. The number of halogens is 1. The number of aryl methyl sites for hydroxylation is 2. The first-order valence-electron chi connectivity index (χ1n) is 10.5. The summed E-state index contributed by atoms with van der Waals surface area (Å²) in [4.78, 5) is 38.9. The van der Waals surface area contributed by atoms with E-state index in [1.807, 2.05) is 19.9 Å². The summed E-state index contributed by atoms with van der Waals surface area (Å²) < 4.78 is 19.1. The van der Waals surface area contributed by atoms with Gasteiger partial charge >= 0.3 is 6.03 Å². The Kier molecular flexibility index (Phi) is 6.01. The first kappa shape index (κ1) is 21.0. The molecule has 9 heteroatoms. The molecule has 2 aromatic rings. The molecule has 0 bridgehead atoms. The molecule has 2 saturated heterocycles. The Labute approximate surface area is 180 Å². The van der Waals surface area contributed by atoms with Gasteiger partial charge in [0.05, 0.1) is 0 Å². The van der Waals surface area contributed by atoms with Gasteiger partial charge in [-0.25, -0.2) is 14.2 Å². The molecule has 1 aromatic carbocycles. The average Bonchev–Trinajstić information content (AvgIpc) is 3.08. The van der Waals surface area contributed by atoms with Crippen molar-refractivity contribution in [3.05, 3.63) is 47.7 Å². The zero-order chi connectivity index (χ0) is 22.0. The Morgan fingerprint density at radius 3 is 2.48 bits per heavy atom. The third kappa shape index (κ3) is 4.92. The number of piperidine rings is 1. The lowest BCUT2D eigenvalue weighted by molar-refractivity contribution is -0.133. The van der Waals surface area contributed by atoms with Crippen molar-refractivity contribution >= 4 is 17.6 Å². The summed E-state index contributed by atoms with van der Waals surface area (Å²) >= 11 is 0. The average molecular weight is 427 g/mol. The minimum atomic E-state index is -0.347. The standard InChI is InChI=1S/C22H26FN5O3/c1-15-13-20(25-16(2)24-15)31-19-7-9-26(10-8-19)21(29)14-27-11-12-28(22(27)30)18-5-3-17(23)4-6-18/h3-6,13,19H,7-12,14H2,1-2H3. The third-order valence-electron chi connectivity index (χ3n) is 5.58. The fraction of sp³-hybridized carbons (Fsp3) is 0.455. The lowest BCUT2D eigenvalue weighted by atomic mass is 10.1. The van der Waals surface area contributed by atoms with Crippen molar-refractivity contribution in [2.24, 2.45) is 0 Å². The van der Waals surface area contributed by atoms with E-state index in [1.165, 1.54) is 12.1 Å². The molecule has 2 fully saturated rings. The van der Waals surface area contributed by atoms with Gasteiger partial charge in [0.2, 0.25) is 11.8 Å². The molecule has 3 heterocycles. The molecule has 2 aliphatic heterocycles. The molecule has 4 rings (SSSR count). The Balaban J connectivity index is 1.27. The van der Waals surface area contributed by atoms with Gasteiger partial charge in [0.1, 0.15) is 24.3 Å². The minimum absolute atomic E-state index is 0.000126. The molecule has 1 aromatic heterocycles. The second kappa shape index (κ2) is 8.87. The number of urea groups is 1. The van der Waals surface area contributed by atoms with Crippen LogP contribution < -0.4 is 9.64 Å². The van der Waals surface area contributed by atoms with Gasteiger partial charge in [-0.15, -0.1) is 0 Å². The van der Waals surface area contributed by atoms with E-state index in [0.29, 0.717) is 56.4 Å². The zero-order valence-corrected chi connectivity index (χ0v) is 17.8. The summed E-state index contributed by atoms with van der Waals surface area (Å²) in [5, 5.41) is 0. The third-order valence-corrected chi connectivity index (χ3v) is 5.58. The normalized spacial score (nSPS) is 17.4. The molecule has 0 atom stereocenters. The van der Waals surface area contributed by atoms with Crippen LogP contribution in [0.2, 0.25) is 0 Å².